The zero-order valence-corrected chi connectivity index (χ0v) is 16.2. The first-order valence-electron chi connectivity index (χ1n) is 9.22. The molecular formula is C21H25N3O4. The fourth-order valence-electron chi connectivity index (χ4n) is 2.85. The lowest BCUT2D eigenvalue weighted by atomic mass is 10.0. The summed E-state index contributed by atoms with van der Waals surface area (Å²) in [7, 11) is 0. The van der Waals surface area contributed by atoms with Crippen LogP contribution in [0.4, 0.5) is 5.69 Å². The van der Waals surface area contributed by atoms with E-state index in [1.165, 1.54) is 41.0 Å². The van der Waals surface area contributed by atoms with Crippen LogP contribution in [0, 0.1) is 24.0 Å². The van der Waals surface area contributed by atoms with Crippen molar-refractivity contribution in [2.45, 2.75) is 33.1 Å². The number of nitro benzene ring substituents is 1. The van der Waals surface area contributed by atoms with Gasteiger partial charge >= 0.3 is 0 Å². The minimum absolute atomic E-state index is 0.0724. The van der Waals surface area contributed by atoms with Crippen LogP contribution in [0.2, 0.25) is 0 Å². The van der Waals surface area contributed by atoms with Crippen molar-refractivity contribution >= 4 is 17.5 Å². The molecule has 2 amide bonds. The van der Waals surface area contributed by atoms with Gasteiger partial charge < -0.3 is 10.6 Å². The summed E-state index contributed by atoms with van der Waals surface area (Å²) >= 11 is 0. The third kappa shape index (κ3) is 6.50. The molecule has 2 aromatic carbocycles. The van der Waals surface area contributed by atoms with Crippen LogP contribution in [0.3, 0.4) is 0 Å². The van der Waals surface area contributed by atoms with Crippen LogP contribution in [0.5, 0.6) is 0 Å². The predicted octanol–water partition coefficient (Wildman–Crippen LogP) is 3.08. The lowest BCUT2D eigenvalue weighted by Crippen LogP contribution is -2.31. The Morgan fingerprint density at radius 2 is 1.71 bits per heavy atom. The third-order valence-corrected chi connectivity index (χ3v) is 4.42. The van der Waals surface area contributed by atoms with Gasteiger partial charge in [-0.05, 0) is 49.9 Å². The minimum atomic E-state index is -0.522. The van der Waals surface area contributed by atoms with Gasteiger partial charge in [0, 0.05) is 37.2 Å². The number of carbonyl (C=O) groups is 2. The summed E-state index contributed by atoms with van der Waals surface area (Å²) in [5.74, 6) is -0.484. The standard InChI is InChI=1S/C21H25N3O4/c1-15-5-6-17(16(2)14-15)4-3-12-22-20(25)11-13-23-21(26)18-7-9-19(10-8-18)24(27)28/h5-10,14H,3-4,11-13H2,1-2H3,(H,22,25)(H,23,26). The van der Waals surface area contributed by atoms with Gasteiger partial charge in [-0.1, -0.05) is 23.8 Å². The van der Waals surface area contributed by atoms with E-state index >= 15 is 0 Å². The van der Waals surface area contributed by atoms with Crippen LogP contribution in [-0.2, 0) is 11.2 Å². The first kappa shape index (κ1) is 21.1. The van der Waals surface area contributed by atoms with Crippen molar-refractivity contribution in [2.24, 2.45) is 0 Å². The van der Waals surface area contributed by atoms with Gasteiger partial charge in [-0.2, -0.15) is 0 Å². The van der Waals surface area contributed by atoms with E-state index in [9.17, 15) is 19.7 Å². The van der Waals surface area contributed by atoms with Gasteiger partial charge in [-0.15, -0.1) is 0 Å². The average molecular weight is 383 g/mol. The van der Waals surface area contributed by atoms with E-state index in [4.69, 9.17) is 0 Å². The highest BCUT2D eigenvalue weighted by Gasteiger charge is 2.10. The smallest absolute Gasteiger partial charge is 0.269 e. The summed E-state index contributed by atoms with van der Waals surface area (Å²) < 4.78 is 0. The zero-order valence-electron chi connectivity index (χ0n) is 16.2. The summed E-state index contributed by atoms with van der Waals surface area (Å²) in [6.45, 7) is 4.95. The molecule has 0 unspecified atom stereocenters. The highest BCUT2D eigenvalue weighted by atomic mass is 16.6. The zero-order chi connectivity index (χ0) is 20.5. The van der Waals surface area contributed by atoms with Crippen molar-refractivity contribution in [3.63, 3.8) is 0 Å². The van der Waals surface area contributed by atoms with Crippen molar-refractivity contribution in [1.82, 2.24) is 10.6 Å². The number of hydrogen-bond acceptors (Lipinski definition) is 4. The van der Waals surface area contributed by atoms with Gasteiger partial charge in [-0.3, -0.25) is 19.7 Å². The maximum atomic E-state index is 12.0. The maximum Gasteiger partial charge on any atom is 0.269 e. The summed E-state index contributed by atoms with van der Waals surface area (Å²) in [6.07, 6.45) is 1.94. The van der Waals surface area contributed by atoms with Gasteiger partial charge in [-0.25, -0.2) is 0 Å². The summed E-state index contributed by atoms with van der Waals surface area (Å²) in [4.78, 5) is 33.9. The Balaban J connectivity index is 1.64. The van der Waals surface area contributed by atoms with Crippen LogP contribution < -0.4 is 10.6 Å². The first-order valence-corrected chi connectivity index (χ1v) is 9.22. The van der Waals surface area contributed by atoms with Crippen LogP contribution >= 0.6 is 0 Å². The molecule has 0 aliphatic carbocycles. The van der Waals surface area contributed by atoms with Crippen molar-refractivity contribution in [2.75, 3.05) is 13.1 Å². The Morgan fingerprint density at radius 1 is 1.00 bits per heavy atom. The average Bonchev–Trinajstić information content (AvgIpc) is 2.66. The van der Waals surface area contributed by atoms with Crippen molar-refractivity contribution < 1.29 is 14.5 Å². The molecule has 7 nitrogen and oxygen atoms in total. The number of amides is 2. The van der Waals surface area contributed by atoms with Gasteiger partial charge in [0.2, 0.25) is 5.91 Å². The number of non-ortho nitro benzene ring substituents is 1. The van der Waals surface area contributed by atoms with E-state index in [-0.39, 0.29) is 30.5 Å². The molecule has 0 atom stereocenters. The lowest BCUT2D eigenvalue weighted by molar-refractivity contribution is -0.384. The van der Waals surface area contributed by atoms with E-state index in [1.807, 2.05) is 0 Å². The Hall–Kier alpha value is -3.22. The van der Waals surface area contributed by atoms with Gasteiger partial charge in [0.1, 0.15) is 0 Å². The fraction of sp³-hybridized carbons (Fsp3) is 0.333. The quantitative estimate of drug-likeness (QED) is 0.395. The Bertz CT molecular complexity index is 847. The van der Waals surface area contributed by atoms with Crippen LogP contribution in [0.15, 0.2) is 42.5 Å². The van der Waals surface area contributed by atoms with E-state index in [0.717, 1.165) is 12.8 Å². The molecule has 148 valence electrons. The maximum absolute atomic E-state index is 12.0. The van der Waals surface area contributed by atoms with Crippen molar-refractivity contribution in [1.29, 1.82) is 0 Å². The molecule has 0 bridgehead atoms. The number of nitro groups is 1. The molecule has 0 fully saturated rings. The number of hydrogen-bond donors (Lipinski definition) is 2. The number of benzene rings is 2. The number of nitrogens with one attached hydrogen (secondary N) is 2. The summed E-state index contributed by atoms with van der Waals surface area (Å²) in [5.41, 5.74) is 4.04. The van der Waals surface area contributed by atoms with Crippen LogP contribution in [0.1, 0.15) is 39.9 Å². The number of aryl methyl sites for hydroxylation is 3. The largest absolute Gasteiger partial charge is 0.356 e. The molecule has 0 aliphatic heterocycles. The second kappa shape index (κ2) is 10.2. The number of nitrogens with zero attached hydrogens (tertiary/aromatic N) is 1. The molecule has 0 aliphatic rings. The molecule has 0 saturated heterocycles. The highest BCUT2D eigenvalue weighted by molar-refractivity contribution is 5.94. The predicted molar refractivity (Wildman–Crippen MR) is 107 cm³/mol. The molecule has 2 rings (SSSR count). The van der Waals surface area contributed by atoms with Gasteiger partial charge in [0.15, 0.2) is 0 Å². The molecule has 0 spiro atoms. The van der Waals surface area contributed by atoms with Gasteiger partial charge in [0.05, 0.1) is 4.92 Å². The Labute approximate surface area is 164 Å². The summed E-state index contributed by atoms with van der Waals surface area (Å²) in [5, 5.41) is 16.1. The molecule has 0 saturated carbocycles. The van der Waals surface area contributed by atoms with Crippen molar-refractivity contribution in [3.05, 3.63) is 74.8 Å². The fourth-order valence-corrected chi connectivity index (χ4v) is 2.85. The molecule has 0 aromatic heterocycles. The van der Waals surface area contributed by atoms with E-state index in [1.54, 1.807) is 0 Å². The molecule has 0 radical (unpaired) electrons. The summed E-state index contributed by atoms with van der Waals surface area (Å²) in [6, 6.07) is 11.7. The van der Waals surface area contributed by atoms with E-state index in [2.05, 4.69) is 42.7 Å². The molecular weight excluding hydrogens is 358 g/mol. The topological polar surface area (TPSA) is 101 Å². The monoisotopic (exact) mass is 383 g/mol. The third-order valence-electron chi connectivity index (χ3n) is 4.42. The highest BCUT2D eigenvalue weighted by Crippen LogP contribution is 2.13. The molecule has 2 N–H and O–H groups in total. The Morgan fingerprint density at radius 3 is 2.36 bits per heavy atom. The second-order valence-electron chi connectivity index (χ2n) is 6.69. The van der Waals surface area contributed by atoms with Crippen LogP contribution in [0.25, 0.3) is 0 Å². The van der Waals surface area contributed by atoms with Crippen molar-refractivity contribution in [3.8, 4) is 0 Å². The van der Waals surface area contributed by atoms with E-state index < -0.39 is 4.92 Å². The molecule has 28 heavy (non-hydrogen) atoms. The minimum Gasteiger partial charge on any atom is -0.356 e. The Kier molecular flexibility index (Phi) is 7.68. The molecule has 0 heterocycles. The van der Waals surface area contributed by atoms with Crippen LogP contribution in [-0.4, -0.2) is 29.8 Å². The van der Waals surface area contributed by atoms with E-state index in [0.29, 0.717) is 12.1 Å². The normalized spacial score (nSPS) is 10.4. The first-order chi connectivity index (χ1) is 13.4. The second-order valence-corrected chi connectivity index (χ2v) is 6.69. The lowest BCUT2D eigenvalue weighted by Gasteiger charge is -2.09. The number of carbonyl (C=O) groups excluding carboxylic acids is 2. The SMILES string of the molecule is Cc1ccc(CCCNC(=O)CCNC(=O)c2ccc([N+](=O)[O-])cc2)c(C)c1. The number of rotatable bonds is 9. The molecule has 2 aromatic rings. The van der Waals surface area contributed by atoms with Gasteiger partial charge in [0.25, 0.3) is 11.6 Å². The molecule has 7 heteroatoms.